The van der Waals surface area contributed by atoms with Crippen molar-refractivity contribution in [1.29, 1.82) is 0 Å². The molecule has 0 aliphatic carbocycles. The molecular weight excluding hydrogens is 356 g/mol. The van der Waals surface area contributed by atoms with Gasteiger partial charge < -0.3 is 19.3 Å². The molecule has 28 heavy (non-hydrogen) atoms. The van der Waals surface area contributed by atoms with Crippen molar-refractivity contribution in [3.8, 4) is 11.5 Å². The van der Waals surface area contributed by atoms with Crippen LogP contribution in [0, 0.1) is 0 Å². The van der Waals surface area contributed by atoms with E-state index in [4.69, 9.17) is 14.0 Å². The van der Waals surface area contributed by atoms with Crippen LogP contribution in [0.1, 0.15) is 29.9 Å². The Labute approximate surface area is 164 Å². The van der Waals surface area contributed by atoms with Crippen molar-refractivity contribution >= 4 is 12.2 Å². The lowest BCUT2D eigenvalue weighted by molar-refractivity contribution is 0.300. The highest BCUT2D eigenvalue weighted by atomic mass is 16.5. The van der Waals surface area contributed by atoms with Gasteiger partial charge in [0.25, 0.3) is 5.89 Å². The molecule has 0 fully saturated rings. The fourth-order valence-electron chi connectivity index (χ4n) is 2.51. The number of hydrogen-bond donors (Lipinski definition) is 1. The standard InChI is InChI=1S/C21H24N4O3/c1-15(22-2)12-20-24-21(28-25-20)10-7-16-13-18(26-3)8-9-19(16)27-14-17-6-4-5-11-23-17/h4-11,13,15,22H,12,14H2,1-3H3/b10-7+. The monoisotopic (exact) mass is 380 g/mol. The topological polar surface area (TPSA) is 82.3 Å². The number of likely N-dealkylation sites (N-methyl/N-ethyl adjacent to an activating group) is 1. The third kappa shape index (κ3) is 5.40. The molecule has 7 nitrogen and oxygen atoms in total. The van der Waals surface area contributed by atoms with Gasteiger partial charge in [-0.25, -0.2) is 0 Å². The lowest BCUT2D eigenvalue weighted by Gasteiger charge is -2.10. The number of aromatic nitrogens is 3. The molecule has 0 spiro atoms. The third-order valence-corrected chi connectivity index (χ3v) is 4.19. The zero-order chi connectivity index (χ0) is 19.8. The zero-order valence-electron chi connectivity index (χ0n) is 16.3. The largest absolute Gasteiger partial charge is 0.497 e. The molecule has 2 aromatic heterocycles. The van der Waals surface area contributed by atoms with Gasteiger partial charge in [0.2, 0.25) is 0 Å². The van der Waals surface area contributed by atoms with Crippen molar-refractivity contribution in [1.82, 2.24) is 20.4 Å². The Morgan fingerprint density at radius 2 is 2.11 bits per heavy atom. The molecule has 0 saturated heterocycles. The van der Waals surface area contributed by atoms with Crippen LogP contribution in [0.2, 0.25) is 0 Å². The van der Waals surface area contributed by atoms with Gasteiger partial charge in [-0.1, -0.05) is 11.2 Å². The van der Waals surface area contributed by atoms with E-state index < -0.39 is 0 Å². The van der Waals surface area contributed by atoms with Crippen molar-refractivity contribution in [3.05, 3.63) is 65.6 Å². The summed E-state index contributed by atoms with van der Waals surface area (Å²) in [5.41, 5.74) is 1.70. The minimum absolute atomic E-state index is 0.277. The highest BCUT2D eigenvalue weighted by Gasteiger charge is 2.09. The minimum Gasteiger partial charge on any atom is -0.497 e. The molecule has 0 aliphatic rings. The Morgan fingerprint density at radius 1 is 1.21 bits per heavy atom. The van der Waals surface area contributed by atoms with Gasteiger partial charge in [-0.15, -0.1) is 0 Å². The van der Waals surface area contributed by atoms with Gasteiger partial charge in [-0.3, -0.25) is 4.98 Å². The first-order valence-electron chi connectivity index (χ1n) is 9.06. The number of ether oxygens (including phenoxy) is 2. The van der Waals surface area contributed by atoms with Crippen molar-refractivity contribution in [2.45, 2.75) is 26.0 Å². The van der Waals surface area contributed by atoms with E-state index in [9.17, 15) is 0 Å². The van der Waals surface area contributed by atoms with Gasteiger partial charge in [0, 0.05) is 30.3 Å². The van der Waals surface area contributed by atoms with E-state index in [1.54, 1.807) is 19.4 Å². The van der Waals surface area contributed by atoms with E-state index in [0.29, 0.717) is 30.5 Å². The molecule has 1 aromatic carbocycles. The lowest BCUT2D eigenvalue weighted by atomic mass is 10.1. The summed E-state index contributed by atoms with van der Waals surface area (Å²) in [4.78, 5) is 8.67. The number of rotatable bonds is 9. The van der Waals surface area contributed by atoms with Crippen LogP contribution < -0.4 is 14.8 Å². The maximum Gasteiger partial charge on any atom is 0.250 e. The molecule has 2 heterocycles. The number of benzene rings is 1. The Kier molecular flexibility index (Phi) is 6.75. The van der Waals surface area contributed by atoms with E-state index >= 15 is 0 Å². The Balaban J connectivity index is 1.75. The van der Waals surface area contributed by atoms with Gasteiger partial charge >= 0.3 is 0 Å². The van der Waals surface area contributed by atoms with Crippen LogP contribution in [-0.2, 0) is 13.0 Å². The summed E-state index contributed by atoms with van der Waals surface area (Å²) < 4.78 is 16.6. The maximum absolute atomic E-state index is 5.94. The average molecular weight is 380 g/mol. The van der Waals surface area contributed by atoms with Crippen LogP contribution in [0.25, 0.3) is 12.2 Å². The number of pyridine rings is 1. The summed E-state index contributed by atoms with van der Waals surface area (Å²) in [6.45, 7) is 2.44. The lowest BCUT2D eigenvalue weighted by Crippen LogP contribution is -2.24. The second-order valence-corrected chi connectivity index (χ2v) is 6.29. The fraction of sp³-hybridized carbons (Fsp3) is 0.286. The van der Waals surface area contributed by atoms with E-state index in [0.717, 1.165) is 17.0 Å². The molecule has 1 N–H and O–H groups in total. The van der Waals surface area contributed by atoms with Gasteiger partial charge in [-0.05, 0) is 50.4 Å². The van der Waals surface area contributed by atoms with E-state index in [1.165, 1.54) is 0 Å². The summed E-state index contributed by atoms with van der Waals surface area (Å²) >= 11 is 0. The minimum atomic E-state index is 0.277. The predicted octanol–water partition coefficient (Wildman–Crippen LogP) is 3.37. The highest BCUT2D eigenvalue weighted by Crippen LogP contribution is 2.26. The number of hydrogen-bond acceptors (Lipinski definition) is 7. The van der Waals surface area contributed by atoms with Gasteiger partial charge in [0.15, 0.2) is 5.82 Å². The van der Waals surface area contributed by atoms with E-state index in [2.05, 4.69) is 27.4 Å². The first-order valence-corrected chi connectivity index (χ1v) is 9.06. The Morgan fingerprint density at radius 3 is 2.86 bits per heavy atom. The summed E-state index contributed by atoms with van der Waals surface area (Å²) in [5, 5.41) is 7.16. The molecule has 3 rings (SSSR count). The SMILES string of the molecule is CNC(C)Cc1noc(/C=C/c2cc(OC)ccc2OCc2ccccn2)n1. The molecule has 0 aliphatic heterocycles. The van der Waals surface area contributed by atoms with Crippen LogP contribution in [0.4, 0.5) is 0 Å². The molecule has 1 atom stereocenters. The number of nitrogens with one attached hydrogen (secondary N) is 1. The smallest absolute Gasteiger partial charge is 0.250 e. The molecule has 0 amide bonds. The van der Waals surface area contributed by atoms with Crippen LogP contribution in [-0.4, -0.2) is 35.3 Å². The van der Waals surface area contributed by atoms with Crippen LogP contribution in [0.5, 0.6) is 11.5 Å². The first kappa shape index (κ1) is 19.6. The summed E-state index contributed by atoms with van der Waals surface area (Å²) in [6.07, 6.45) is 6.08. The molecule has 1 unspecified atom stereocenters. The predicted molar refractivity (Wildman–Crippen MR) is 107 cm³/mol. The normalized spacial score (nSPS) is 12.2. The summed E-state index contributed by atoms with van der Waals surface area (Å²) in [6, 6.07) is 11.6. The number of methoxy groups -OCH3 is 1. The molecule has 3 aromatic rings. The van der Waals surface area contributed by atoms with Crippen LogP contribution in [0.15, 0.2) is 47.1 Å². The second-order valence-electron chi connectivity index (χ2n) is 6.29. The molecule has 0 bridgehead atoms. The third-order valence-electron chi connectivity index (χ3n) is 4.19. The summed E-state index contributed by atoms with van der Waals surface area (Å²) in [7, 11) is 3.53. The van der Waals surface area contributed by atoms with Crippen LogP contribution >= 0.6 is 0 Å². The Hall–Kier alpha value is -3.19. The zero-order valence-corrected chi connectivity index (χ0v) is 16.3. The molecule has 7 heteroatoms. The van der Waals surface area contributed by atoms with Crippen LogP contribution in [0.3, 0.4) is 0 Å². The first-order chi connectivity index (χ1) is 13.7. The molecule has 0 saturated carbocycles. The van der Waals surface area contributed by atoms with Gasteiger partial charge in [-0.2, -0.15) is 4.98 Å². The van der Waals surface area contributed by atoms with E-state index in [1.807, 2.05) is 49.5 Å². The summed E-state index contributed by atoms with van der Waals surface area (Å²) in [5.74, 6) is 2.56. The average Bonchev–Trinajstić information content (AvgIpc) is 3.18. The maximum atomic E-state index is 5.94. The van der Waals surface area contributed by atoms with E-state index in [-0.39, 0.29) is 6.04 Å². The Bertz CT molecular complexity index is 909. The molecule has 0 radical (unpaired) electrons. The highest BCUT2D eigenvalue weighted by molar-refractivity contribution is 5.70. The van der Waals surface area contributed by atoms with Gasteiger partial charge in [0.1, 0.15) is 18.1 Å². The number of nitrogens with zero attached hydrogens (tertiary/aromatic N) is 3. The van der Waals surface area contributed by atoms with Crippen molar-refractivity contribution in [3.63, 3.8) is 0 Å². The van der Waals surface area contributed by atoms with Gasteiger partial charge in [0.05, 0.1) is 12.8 Å². The van der Waals surface area contributed by atoms with Crippen molar-refractivity contribution < 1.29 is 14.0 Å². The second kappa shape index (κ2) is 9.66. The fourth-order valence-corrected chi connectivity index (χ4v) is 2.51. The van der Waals surface area contributed by atoms with Crippen molar-refractivity contribution in [2.24, 2.45) is 0 Å². The molecule has 146 valence electrons. The molecular formula is C21H24N4O3. The van der Waals surface area contributed by atoms with Crippen molar-refractivity contribution in [2.75, 3.05) is 14.2 Å². The quantitative estimate of drug-likeness (QED) is 0.609.